The molecule has 0 heterocycles. The molecule has 0 radical (unpaired) electrons. The molecule has 2 aromatic carbocycles. The Morgan fingerprint density at radius 3 is 2.24 bits per heavy atom. The van der Waals surface area contributed by atoms with Gasteiger partial charge in [0.25, 0.3) is 5.69 Å². The van der Waals surface area contributed by atoms with Crippen LogP contribution in [-0.2, 0) is 0 Å². The maximum atomic E-state index is 12.0. The number of non-ortho nitro benzene ring substituents is 1. The van der Waals surface area contributed by atoms with Crippen molar-refractivity contribution >= 4 is 11.5 Å². The van der Waals surface area contributed by atoms with Gasteiger partial charge < -0.3 is 0 Å². The number of nitro benzene ring substituents is 1. The lowest BCUT2D eigenvalue weighted by atomic mass is 10.1. The number of ketones is 1. The first kappa shape index (κ1) is 9.72. The largest absolute Gasteiger partial charge is 0.289 e. The molecule has 0 spiro atoms. The van der Waals surface area contributed by atoms with E-state index in [1.165, 1.54) is 12.1 Å². The van der Waals surface area contributed by atoms with Crippen molar-refractivity contribution in [3.05, 3.63) is 63.7 Å². The van der Waals surface area contributed by atoms with E-state index in [0.29, 0.717) is 11.1 Å². The van der Waals surface area contributed by atoms with Crippen LogP contribution < -0.4 is 0 Å². The molecule has 4 heteroatoms. The van der Waals surface area contributed by atoms with Crippen molar-refractivity contribution in [3.8, 4) is 11.1 Å². The Hall–Kier alpha value is -2.49. The smallest absolute Gasteiger partial charge is 0.270 e. The molecule has 0 amide bonds. The second-order valence-electron chi connectivity index (χ2n) is 3.86. The highest BCUT2D eigenvalue weighted by atomic mass is 16.6. The minimum Gasteiger partial charge on any atom is -0.289 e. The van der Waals surface area contributed by atoms with Gasteiger partial charge in [0.1, 0.15) is 0 Å². The van der Waals surface area contributed by atoms with Crippen LogP contribution in [0.25, 0.3) is 11.1 Å². The third kappa shape index (κ3) is 1.27. The molecule has 0 saturated heterocycles. The fraction of sp³-hybridized carbons (Fsp3) is 0. The van der Waals surface area contributed by atoms with Crippen LogP contribution in [-0.4, -0.2) is 10.7 Å². The number of rotatable bonds is 1. The van der Waals surface area contributed by atoms with Gasteiger partial charge in [0.15, 0.2) is 5.78 Å². The van der Waals surface area contributed by atoms with Crippen molar-refractivity contribution in [1.82, 2.24) is 0 Å². The first-order chi connectivity index (χ1) is 8.18. The molecule has 0 fully saturated rings. The van der Waals surface area contributed by atoms with Gasteiger partial charge in [-0.05, 0) is 17.2 Å². The highest BCUT2D eigenvalue weighted by Gasteiger charge is 2.27. The molecule has 17 heavy (non-hydrogen) atoms. The number of hydrogen-bond acceptors (Lipinski definition) is 3. The van der Waals surface area contributed by atoms with Crippen molar-refractivity contribution in [1.29, 1.82) is 0 Å². The summed E-state index contributed by atoms with van der Waals surface area (Å²) in [5, 5.41) is 10.7. The van der Waals surface area contributed by atoms with Gasteiger partial charge in [-0.25, -0.2) is 0 Å². The average Bonchev–Trinajstić information content (AvgIpc) is 2.64. The maximum absolute atomic E-state index is 12.0. The van der Waals surface area contributed by atoms with Gasteiger partial charge in [0.05, 0.1) is 4.92 Å². The highest BCUT2D eigenvalue weighted by Crippen LogP contribution is 2.37. The summed E-state index contributed by atoms with van der Waals surface area (Å²) in [6.07, 6.45) is 0. The molecule has 3 rings (SSSR count). The van der Waals surface area contributed by atoms with Crippen molar-refractivity contribution < 1.29 is 9.72 Å². The second-order valence-corrected chi connectivity index (χ2v) is 3.86. The quantitative estimate of drug-likeness (QED) is 0.472. The zero-order valence-corrected chi connectivity index (χ0v) is 8.71. The average molecular weight is 225 g/mol. The second kappa shape index (κ2) is 3.25. The van der Waals surface area contributed by atoms with Crippen LogP contribution in [0.15, 0.2) is 42.5 Å². The van der Waals surface area contributed by atoms with E-state index in [9.17, 15) is 14.9 Å². The fourth-order valence-corrected chi connectivity index (χ4v) is 2.13. The number of nitrogens with zero attached hydrogens (tertiary/aromatic N) is 1. The number of carbonyl (C=O) groups is 1. The minimum atomic E-state index is -0.490. The monoisotopic (exact) mass is 225 g/mol. The van der Waals surface area contributed by atoms with Crippen LogP contribution in [0.5, 0.6) is 0 Å². The standard InChI is InChI=1S/C13H7NO3/c15-13-11-4-2-1-3-9(11)10-6-5-8(14(16)17)7-12(10)13/h1-7H. The molecule has 0 atom stereocenters. The molecule has 82 valence electrons. The fourth-order valence-electron chi connectivity index (χ4n) is 2.13. The lowest BCUT2D eigenvalue weighted by molar-refractivity contribution is -0.384. The molecule has 0 bridgehead atoms. The number of nitro groups is 1. The Labute approximate surface area is 96.7 Å². The van der Waals surface area contributed by atoms with Crippen molar-refractivity contribution in [2.24, 2.45) is 0 Å². The van der Waals surface area contributed by atoms with E-state index in [1.807, 2.05) is 12.1 Å². The van der Waals surface area contributed by atoms with Gasteiger partial charge in [-0.3, -0.25) is 14.9 Å². The summed E-state index contributed by atoms with van der Waals surface area (Å²) in [7, 11) is 0. The molecular weight excluding hydrogens is 218 g/mol. The van der Waals surface area contributed by atoms with Crippen molar-refractivity contribution in [2.75, 3.05) is 0 Å². The Kier molecular flexibility index (Phi) is 1.86. The third-order valence-corrected chi connectivity index (χ3v) is 2.92. The van der Waals surface area contributed by atoms with E-state index < -0.39 is 4.92 Å². The Bertz CT molecular complexity index is 661. The van der Waals surface area contributed by atoms with E-state index in [1.54, 1.807) is 18.2 Å². The first-order valence-electron chi connectivity index (χ1n) is 5.11. The lowest BCUT2D eigenvalue weighted by Crippen LogP contribution is -1.96. The Balaban J connectivity index is 2.28. The van der Waals surface area contributed by atoms with Crippen molar-refractivity contribution in [3.63, 3.8) is 0 Å². The highest BCUT2D eigenvalue weighted by molar-refractivity contribution is 6.21. The minimum absolute atomic E-state index is 0.0510. The van der Waals surface area contributed by atoms with Gasteiger partial charge in [-0.1, -0.05) is 24.3 Å². The van der Waals surface area contributed by atoms with Gasteiger partial charge >= 0.3 is 0 Å². The predicted molar refractivity (Wildman–Crippen MR) is 62.0 cm³/mol. The summed E-state index contributed by atoms with van der Waals surface area (Å²) in [4.78, 5) is 22.2. The van der Waals surface area contributed by atoms with Gasteiger partial charge in [0, 0.05) is 23.3 Å². The lowest BCUT2D eigenvalue weighted by Gasteiger charge is -1.98. The third-order valence-electron chi connectivity index (χ3n) is 2.92. The molecule has 0 aromatic heterocycles. The van der Waals surface area contributed by atoms with Crippen LogP contribution in [0.4, 0.5) is 5.69 Å². The molecule has 0 saturated carbocycles. The molecular formula is C13H7NO3. The number of fused-ring (bicyclic) bond motifs is 3. The number of hydrogen-bond donors (Lipinski definition) is 0. The summed E-state index contributed by atoms with van der Waals surface area (Å²) < 4.78 is 0. The SMILES string of the molecule is O=C1c2ccccc2-c2ccc([N+](=O)[O-])cc21. The Morgan fingerprint density at radius 2 is 1.53 bits per heavy atom. The molecule has 0 unspecified atom stereocenters. The van der Waals surface area contributed by atoms with Crippen LogP contribution >= 0.6 is 0 Å². The van der Waals surface area contributed by atoms with Crippen LogP contribution in [0.3, 0.4) is 0 Å². The van der Waals surface area contributed by atoms with Gasteiger partial charge in [0.2, 0.25) is 0 Å². The normalized spacial score (nSPS) is 12.1. The van der Waals surface area contributed by atoms with E-state index in [2.05, 4.69) is 0 Å². The molecule has 1 aliphatic carbocycles. The van der Waals surface area contributed by atoms with E-state index in [0.717, 1.165) is 11.1 Å². The van der Waals surface area contributed by atoms with Gasteiger partial charge in [-0.2, -0.15) is 0 Å². The van der Waals surface area contributed by atoms with E-state index in [-0.39, 0.29) is 11.5 Å². The van der Waals surface area contributed by atoms with Crippen LogP contribution in [0.1, 0.15) is 15.9 Å². The zero-order valence-electron chi connectivity index (χ0n) is 8.71. The topological polar surface area (TPSA) is 60.2 Å². The van der Waals surface area contributed by atoms with Crippen LogP contribution in [0.2, 0.25) is 0 Å². The van der Waals surface area contributed by atoms with Gasteiger partial charge in [-0.15, -0.1) is 0 Å². The van der Waals surface area contributed by atoms with E-state index in [4.69, 9.17) is 0 Å². The number of benzene rings is 2. The summed E-state index contributed by atoms with van der Waals surface area (Å²) in [5.74, 6) is -0.140. The molecule has 0 N–H and O–H groups in total. The van der Waals surface area contributed by atoms with E-state index >= 15 is 0 Å². The summed E-state index contributed by atoms with van der Waals surface area (Å²) in [5.41, 5.74) is 2.60. The molecule has 0 aliphatic heterocycles. The first-order valence-corrected chi connectivity index (χ1v) is 5.11. The number of carbonyl (C=O) groups excluding carboxylic acids is 1. The molecule has 4 nitrogen and oxygen atoms in total. The zero-order chi connectivity index (χ0) is 12.0. The molecule has 1 aliphatic rings. The summed E-state index contributed by atoms with van der Waals surface area (Å²) in [6, 6.07) is 11.6. The summed E-state index contributed by atoms with van der Waals surface area (Å²) >= 11 is 0. The summed E-state index contributed by atoms with van der Waals surface area (Å²) in [6.45, 7) is 0. The van der Waals surface area contributed by atoms with Crippen LogP contribution in [0, 0.1) is 10.1 Å². The molecule has 2 aromatic rings. The maximum Gasteiger partial charge on any atom is 0.270 e. The predicted octanol–water partition coefficient (Wildman–Crippen LogP) is 2.81. The van der Waals surface area contributed by atoms with Crippen molar-refractivity contribution in [2.45, 2.75) is 0 Å². The Morgan fingerprint density at radius 1 is 0.882 bits per heavy atom.